The Bertz CT molecular complexity index is 413. The Balaban J connectivity index is 1.82. The fraction of sp³-hybridized carbons (Fsp3) is 0.462. The highest BCUT2D eigenvalue weighted by molar-refractivity contribution is 5.97. The molecule has 3 N–H and O–H groups in total. The van der Waals surface area contributed by atoms with E-state index in [0.29, 0.717) is 6.54 Å². The van der Waals surface area contributed by atoms with Crippen LogP contribution in [0.15, 0.2) is 18.2 Å². The number of amides is 1. The largest absolute Gasteiger partial charge is 0.508 e. The van der Waals surface area contributed by atoms with Crippen molar-refractivity contribution >= 4 is 5.91 Å². The summed E-state index contributed by atoms with van der Waals surface area (Å²) < 4.78 is 0. The number of carbonyl (C=O) groups excluding carboxylic acids is 1. The highest BCUT2D eigenvalue weighted by Gasteiger charge is 2.20. The number of nitrogens with one attached hydrogen (secondary N) is 1. The molecule has 4 heteroatoms. The van der Waals surface area contributed by atoms with Gasteiger partial charge in [-0.1, -0.05) is 12.8 Å². The minimum atomic E-state index is -0.339. The van der Waals surface area contributed by atoms with Gasteiger partial charge in [0, 0.05) is 6.54 Å². The van der Waals surface area contributed by atoms with E-state index in [1.165, 1.54) is 31.0 Å². The maximum absolute atomic E-state index is 11.7. The lowest BCUT2D eigenvalue weighted by atomic mass is 10.1. The van der Waals surface area contributed by atoms with E-state index >= 15 is 0 Å². The van der Waals surface area contributed by atoms with E-state index < -0.39 is 0 Å². The van der Waals surface area contributed by atoms with Crippen LogP contribution in [0.1, 0.15) is 36.0 Å². The fourth-order valence-corrected chi connectivity index (χ4v) is 1.80. The van der Waals surface area contributed by atoms with Gasteiger partial charge in [0.05, 0.1) is 5.56 Å². The molecule has 0 saturated heterocycles. The molecule has 0 bridgehead atoms. The Morgan fingerprint density at radius 3 is 2.82 bits per heavy atom. The maximum atomic E-state index is 11.7. The SMILES string of the molecule is O=C(NCCCC1CC1)c1cc(O)ccc1O. The zero-order valence-electron chi connectivity index (χ0n) is 9.65. The zero-order valence-corrected chi connectivity index (χ0v) is 9.65. The summed E-state index contributed by atoms with van der Waals surface area (Å²) in [5.41, 5.74) is 0.122. The lowest BCUT2D eigenvalue weighted by molar-refractivity contribution is 0.0949. The third-order valence-corrected chi connectivity index (χ3v) is 3.00. The summed E-state index contributed by atoms with van der Waals surface area (Å²) in [6.45, 7) is 0.616. The lowest BCUT2D eigenvalue weighted by Crippen LogP contribution is -2.24. The second-order valence-corrected chi connectivity index (χ2v) is 4.54. The van der Waals surface area contributed by atoms with Crippen LogP contribution in [-0.4, -0.2) is 22.7 Å². The van der Waals surface area contributed by atoms with Crippen LogP contribution in [0.4, 0.5) is 0 Å². The van der Waals surface area contributed by atoms with Gasteiger partial charge >= 0.3 is 0 Å². The quantitative estimate of drug-likeness (QED) is 0.540. The lowest BCUT2D eigenvalue weighted by Gasteiger charge is -2.06. The summed E-state index contributed by atoms with van der Waals surface area (Å²) in [4.78, 5) is 11.7. The number of rotatable bonds is 5. The van der Waals surface area contributed by atoms with Gasteiger partial charge < -0.3 is 15.5 Å². The monoisotopic (exact) mass is 235 g/mol. The Hall–Kier alpha value is -1.71. The van der Waals surface area contributed by atoms with Crippen LogP contribution in [0, 0.1) is 5.92 Å². The van der Waals surface area contributed by atoms with Crippen LogP contribution in [0.5, 0.6) is 11.5 Å². The molecule has 4 nitrogen and oxygen atoms in total. The predicted octanol–water partition coefficient (Wildman–Crippen LogP) is 2.02. The molecule has 0 spiro atoms. The van der Waals surface area contributed by atoms with E-state index in [9.17, 15) is 15.0 Å². The van der Waals surface area contributed by atoms with Gasteiger partial charge in [-0.25, -0.2) is 0 Å². The molecule has 2 rings (SSSR count). The van der Waals surface area contributed by atoms with Gasteiger partial charge in [-0.05, 0) is 37.0 Å². The molecule has 0 heterocycles. The molecule has 0 unspecified atom stereocenters. The van der Waals surface area contributed by atoms with Gasteiger partial charge in [0.1, 0.15) is 11.5 Å². The third kappa shape index (κ3) is 3.37. The molecule has 0 atom stereocenters. The first kappa shape index (κ1) is 11.8. The van der Waals surface area contributed by atoms with Crippen molar-refractivity contribution in [2.75, 3.05) is 6.54 Å². The summed E-state index contributed by atoms with van der Waals surface area (Å²) in [5, 5.41) is 21.5. The Morgan fingerprint density at radius 2 is 2.12 bits per heavy atom. The Morgan fingerprint density at radius 1 is 1.35 bits per heavy atom. The molecule has 1 aromatic carbocycles. The van der Waals surface area contributed by atoms with E-state index in [4.69, 9.17) is 0 Å². The van der Waals surface area contributed by atoms with Crippen LogP contribution >= 0.6 is 0 Å². The highest BCUT2D eigenvalue weighted by atomic mass is 16.3. The van der Waals surface area contributed by atoms with Gasteiger partial charge in [-0.3, -0.25) is 4.79 Å². The molecule has 1 aromatic rings. The van der Waals surface area contributed by atoms with Crippen molar-refractivity contribution in [2.24, 2.45) is 5.92 Å². The summed E-state index contributed by atoms with van der Waals surface area (Å²) in [7, 11) is 0. The molecule has 0 aliphatic heterocycles. The zero-order chi connectivity index (χ0) is 12.3. The van der Waals surface area contributed by atoms with Crippen LogP contribution < -0.4 is 5.32 Å². The van der Waals surface area contributed by atoms with Crippen LogP contribution in [0.3, 0.4) is 0 Å². The van der Waals surface area contributed by atoms with Crippen LogP contribution in [0.25, 0.3) is 0 Å². The molecule has 17 heavy (non-hydrogen) atoms. The standard InChI is InChI=1S/C13H17NO3/c15-10-5-6-12(16)11(8-10)13(17)14-7-1-2-9-3-4-9/h5-6,8-9,15-16H,1-4,7H2,(H,14,17). The summed E-state index contributed by atoms with van der Waals surface area (Å²) in [6.07, 6.45) is 4.77. The van der Waals surface area contributed by atoms with Crippen molar-refractivity contribution in [1.82, 2.24) is 5.32 Å². The maximum Gasteiger partial charge on any atom is 0.255 e. The number of carbonyl (C=O) groups is 1. The molecule has 1 amide bonds. The number of phenols is 2. The number of benzene rings is 1. The number of hydrogen-bond donors (Lipinski definition) is 3. The molecule has 1 saturated carbocycles. The van der Waals surface area contributed by atoms with Crippen LogP contribution in [0.2, 0.25) is 0 Å². The summed E-state index contributed by atoms with van der Waals surface area (Å²) in [6, 6.07) is 3.93. The van der Waals surface area contributed by atoms with Gasteiger partial charge in [0.25, 0.3) is 5.91 Å². The van der Waals surface area contributed by atoms with Crippen molar-refractivity contribution in [3.63, 3.8) is 0 Å². The average molecular weight is 235 g/mol. The number of hydrogen-bond acceptors (Lipinski definition) is 3. The van der Waals surface area contributed by atoms with E-state index in [2.05, 4.69) is 5.32 Å². The fourth-order valence-electron chi connectivity index (χ4n) is 1.80. The molecular weight excluding hydrogens is 218 g/mol. The second-order valence-electron chi connectivity index (χ2n) is 4.54. The molecular formula is C13H17NO3. The topological polar surface area (TPSA) is 69.6 Å². The first-order valence-corrected chi connectivity index (χ1v) is 5.97. The Labute approximate surface area is 100 Å². The first-order valence-electron chi connectivity index (χ1n) is 5.97. The average Bonchev–Trinajstić information content (AvgIpc) is 3.11. The van der Waals surface area contributed by atoms with Gasteiger partial charge in [0.2, 0.25) is 0 Å². The van der Waals surface area contributed by atoms with E-state index in [-0.39, 0.29) is 23.0 Å². The Kier molecular flexibility index (Phi) is 3.52. The highest BCUT2D eigenvalue weighted by Crippen LogP contribution is 2.33. The summed E-state index contributed by atoms with van der Waals surface area (Å²) in [5.74, 6) is 0.392. The number of aromatic hydroxyl groups is 2. The molecule has 1 fully saturated rings. The number of phenolic OH excluding ortho intramolecular Hbond substituents is 2. The second kappa shape index (κ2) is 5.08. The van der Waals surface area contributed by atoms with E-state index in [1.807, 2.05) is 0 Å². The van der Waals surface area contributed by atoms with Gasteiger partial charge in [-0.2, -0.15) is 0 Å². The van der Waals surface area contributed by atoms with Crippen molar-refractivity contribution in [2.45, 2.75) is 25.7 Å². The molecule has 1 aliphatic carbocycles. The predicted molar refractivity (Wildman–Crippen MR) is 64.1 cm³/mol. The molecule has 0 radical (unpaired) electrons. The minimum absolute atomic E-state index is 0.0223. The summed E-state index contributed by atoms with van der Waals surface area (Å²) >= 11 is 0. The van der Waals surface area contributed by atoms with Gasteiger partial charge in [-0.15, -0.1) is 0 Å². The van der Waals surface area contributed by atoms with E-state index in [0.717, 1.165) is 18.8 Å². The smallest absolute Gasteiger partial charge is 0.255 e. The normalized spacial score (nSPS) is 14.6. The molecule has 92 valence electrons. The molecule has 1 aliphatic rings. The molecule has 0 aromatic heterocycles. The van der Waals surface area contributed by atoms with Gasteiger partial charge in [0.15, 0.2) is 0 Å². The van der Waals surface area contributed by atoms with Crippen molar-refractivity contribution in [3.05, 3.63) is 23.8 Å². The minimum Gasteiger partial charge on any atom is -0.508 e. The van der Waals surface area contributed by atoms with Crippen molar-refractivity contribution < 1.29 is 15.0 Å². The van der Waals surface area contributed by atoms with Crippen molar-refractivity contribution in [1.29, 1.82) is 0 Å². The third-order valence-electron chi connectivity index (χ3n) is 3.00. The van der Waals surface area contributed by atoms with Crippen LogP contribution in [-0.2, 0) is 0 Å². The first-order chi connectivity index (χ1) is 8.16. The van der Waals surface area contributed by atoms with Crippen molar-refractivity contribution in [3.8, 4) is 11.5 Å². The van der Waals surface area contributed by atoms with E-state index in [1.54, 1.807) is 0 Å².